The zero-order valence-corrected chi connectivity index (χ0v) is 10.1. The van der Waals surface area contributed by atoms with E-state index in [1.807, 2.05) is 0 Å². The zero-order chi connectivity index (χ0) is 10.9. The number of halogens is 3. The van der Waals surface area contributed by atoms with E-state index < -0.39 is 25.7 Å². The predicted octanol–water partition coefficient (Wildman–Crippen LogP) is 0.609. The molecule has 80 valence electrons. The van der Waals surface area contributed by atoms with Crippen molar-refractivity contribution in [2.75, 3.05) is 19.8 Å². The third kappa shape index (κ3) is 4.67. The number of rotatable bonds is 3. The van der Waals surface area contributed by atoms with Crippen LogP contribution in [-0.2, 0) is 10.0 Å². The van der Waals surface area contributed by atoms with Crippen LogP contribution in [0.3, 0.4) is 0 Å². The van der Waals surface area contributed by atoms with Gasteiger partial charge in [0.15, 0.2) is 0 Å². The lowest BCUT2D eigenvalue weighted by atomic mass is 10.5. The smallest absolute Gasteiger partial charge is 0.217 e. The molecule has 1 atom stereocenters. The standard InChI is InChI=1S/C5H10Cl3NO3S/c1-9(2)13(11,12)3-4(10)5(6,7)8/h4,10H,3H2,1-2H3/t4-/m0/s1. The van der Waals surface area contributed by atoms with Gasteiger partial charge in [0.2, 0.25) is 13.8 Å². The van der Waals surface area contributed by atoms with E-state index >= 15 is 0 Å². The molecule has 0 saturated carbocycles. The van der Waals surface area contributed by atoms with Gasteiger partial charge in [-0.3, -0.25) is 0 Å². The minimum atomic E-state index is -3.55. The van der Waals surface area contributed by atoms with Crippen molar-refractivity contribution in [2.45, 2.75) is 9.90 Å². The molecule has 1 N–H and O–H groups in total. The van der Waals surface area contributed by atoms with Crippen LogP contribution in [0.15, 0.2) is 0 Å². The number of alkyl halides is 3. The number of sulfonamides is 1. The second-order valence-corrected chi connectivity index (χ2v) is 7.21. The summed E-state index contributed by atoms with van der Waals surface area (Å²) in [5.74, 6) is -0.615. The first-order chi connectivity index (χ1) is 5.57. The fourth-order valence-corrected chi connectivity index (χ4v) is 1.90. The monoisotopic (exact) mass is 269 g/mol. The Hall–Kier alpha value is 0.740. The molecule has 0 heterocycles. The fourth-order valence-electron chi connectivity index (χ4n) is 0.443. The van der Waals surface area contributed by atoms with Gasteiger partial charge < -0.3 is 5.11 Å². The van der Waals surface area contributed by atoms with E-state index in [0.29, 0.717) is 0 Å². The van der Waals surface area contributed by atoms with Crippen molar-refractivity contribution >= 4 is 44.8 Å². The van der Waals surface area contributed by atoms with Gasteiger partial charge in [-0.2, -0.15) is 0 Å². The van der Waals surface area contributed by atoms with Crippen molar-refractivity contribution in [3.05, 3.63) is 0 Å². The maximum absolute atomic E-state index is 11.2. The van der Waals surface area contributed by atoms with E-state index in [1.165, 1.54) is 14.1 Å². The molecular weight excluding hydrogens is 260 g/mol. The first-order valence-corrected chi connectivity index (χ1v) is 5.96. The second kappa shape index (κ2) is 4.51. The number of aliphatic hydroxyl groups excluding tert-OH is 1. The minimum absolute atomic E-state index is 0.615. The second-order valence-electron chi connectivity index (χ2n) is 2.62. The van der Waals surface area contributed by atoms with Crippen LogP contribution in [0, 0.1) is 0 Å². The molecular formula is C5H10Cl3NO3S. The molecule has 0 rings (SSSR count). The normalized spacial score (nSPS) is 16.2. The molecule has 13 heavy (non-hydrogen) atoms. The van der Waals surface area contributed by atoms with E-state index in [9.17, 15) is 8.42 Å². The zero-order valence-electron chi connectivity index (χ0n) is 7.04. The van der Waals surface area contributed by atoms with Crippen LogP contribution in [0.25, 0.3) is 0 Å². The molecule has 0 bridgehead atoms. The molecule has 0 aromatic rings. The van der Waals surface area contributed by atoms with Gasteiger partial charge in [-0.1, -0.05) is 34.8 Å². The predicted molar refractivity (Wildman–Crippen MR) is 53.8 cm³/mol. The van der Waals surface area contributed by atoms with Gasteiger partial charge in [-0.05, 0) is 0 Å². The highest BCUT2D eigenvalue weighted by atomic mass is 35.6. The van der Waals surface area contributed by atoms with Crippen molar-refractivity contribution in [3.8, 4) is 0 Å². The quantitative estimate of drug-likeness (QED) is 0.765. The third-order valence-electron chi connectivity index (χ3n) is 1.30. The van der Waals surface area contributed by atoms with E-state index in [4.69, 9.17) is 39.9 Å². The number of aliphatic hydroxyl groups is 1. The summed E-state index contributed by atoms with van der Waals surface area (Å²) in [5.41, 5.74) is 0. The molecule has 4 nitrogen and oxygen atoms in total. The summed E-state index contributed by atoms with van der Waals surface area (Å²) in [4.78, 5) is 0. The first-order valence-electron chi connectivity index (χ1n) is 3.22. The Morgan fingerprint density at radius 3 is 2.00 bits per heavy atom. The largest absolute Gasteiger partial charge is 0.388 e. The topological polar surface area (TPSA) is 57.6 Å². The third-order valence-corrected chi connectivity index (χ3v) is 3.91. The van der Waals surface area contributed by atoms with E-state index in [0.717, 1.165) is 4.31 Å². The number of hydrogen-bond donors (Lipinski definition) is 1. The lowest BCUT2D eigenvalue weighted by molar-refractivity contribution is 0.200. The molecule has 0 aromatic carbocycles. The Balaban J connectivity index is 4.48. The van der Waals surface area contributed by atoms with Crippen LogP contribution in [-0.4, -0.2) is 47.6 Å². The molecule has 0 amide bonds. The Bertz CT molecular complexity index is 259. The number of nitrogens with zero attached hydrogens (tertiary/aromatic N) is 1. The Morgan fingerprint density at radius 2 is 1.77 bits per heavy atom. The summed E-state index contributed by atoms with van der Waals surface area (Å²) in [6.45, 7) is 0. The molecule has 0 radical (unpaired) electrons. The maximum Gasteiger partial charge on any atom is 0.217 e. The summed E-state index contributed by atoms with van der Waals surface area (Å²) < 4.78 is 21.3. The SMILES string of the molecule is CN(C)S(=O)(=O)C[C@H](O)C(Cl)(Cl)Cl. The molecule has 0 unspecified atom stereocenters. The number of hydrogen-bond acceptors (Lipinski definition) is 3. The van der Waals surface area contributed by atoms with Gasteiger partial charge in [-0.15, -0.1) is 0 Å². The summed E-state index contributed by atoms with van der Waals surface area (Å²) in [7, 11) is -0.883. The van der Waals surface area contributed by atoms with Gasteiger partial charge in [0, 0.05) is 14.1 Å². The van der Waals surface area contributed by atoms with Gasteiger partial charge >= 0.3 is 0 Å². The van der Waals surface area contributed by atoms with E-state index in [1.54, 1.807) is 0 Å². The summed E-state index contributed by atoms with van der Waals surface area (Å²) in [6, 6.07) is 0. The van der Waals surface area contributed by atoms with Crippen molar-refractivity contribution in [3.63, 3.8) is 0 Å². The van der Waals surface area contributed by atoms with Gasteiger partial charge in [0.05, 0.1) is 5.75 Å². The van der Waals surface area contributed by atoms with Gasteiger partial charge in [-0.25, -0.2) is 12.7 Å². The fraction of sp³-hybridized carbons (Fsp3) is 1.00. The molecule has 8 heteroatoms. The average Bonchev–Trinajstić information content (AvgIpc) is 1.83. The van der Waals surface area contributed by atoms with Crippen LogP contribution in [0.1, 0.15) is 0 Å². The Kier molecular flexibility index (Phi) is 4.76. The van der Waals surface area contributed by atoms with E-state index in [2.05, 4.69) is 0 Å². The lowest BCUT2D eigenvalue weighted by Gasteiger charge is -2.20. The molecule has 0 fully saturated rings. The van der Waals surface area contributed by atoms with Crippen LogP contribution in [0.4, 0.5) is 0 Å². The van der Waals surface area contributed by atoms with Crippen LogP contribution >= 0.6 is 34.8 Å². The van der Waals surface area contributed by atoms with Crippen LogP contribution in [0.2, 0.25) is 0 Å². The van der Waals surface area contributed by atoms with Crippen molar-refractivity contribution in [1.82, 2.24) is 4.31 Å². The summed E-state index contributed by atoms with van der Waals surface area (Å²) in [5, 5.41) is 9.17. The van der Waals surface area contributed by atoms with Gasteiger partial charge in [0.1, 0.15) is 6.10 Å². The molecule has 0 aliphatic rings. The average molecular weight is 271 g/mol. The highest BCUT2D eigenvalue weighted by molar-refractivity contribution is 7.89. The van der Waals surface area contributed by atoms with Crippen LogP contribution < -0.4 is 0 Å². The Morgan fingerprint density at radius 1 is 1.38 bits per heavy atom. The lowest BCUT2D eigenvalue weighted by Crippen LogP contribution is -2.37. The van der Waals surface area contributed by atoms with E-state index in [-0.39, 0.29) is 0 Å². The summed E-state index contributed by atoms with van der Waals surface area (Å²) >= 11 is 15.9. The molecule has 0 spiro atoms. The van der Waals surface area contributed by atoms with Crippen molar-refractivity contribution in [2.24, 2.45) is 0 Å². The molecule has 0 saturated heterocycles. The molecule has 0 aromatic heterocycles. The van der Waals surface area contributed by atoms with Gasteiger partial charge in [0.25, 0.3) is 0 Å². The Labute approximate surface area is 92.4 Å². The van der Waals surface area contributed by atoms with Crippen molar-refractivity contribution in [1.29, 1.82) is 0 Å². The maximum atomic E-state index is 11.2. The first kappa shape index (κ1) is 13.7. The summed E-state index contributed by atoms with van der Waals surface area (Å²) in [6.07, 6.45) is -1.54. The van der Waals surface area contributed by atoms with Crippen molar-refractivity contribution < 1.29 is 13.5 Å². The molecule has 0 aliphatic carbocycles. The molecule has 0 aliphatic heterocycles. The van der Waals surface area contributed by atoms with Crippen LogP contribution in [0.5, 0.6) is 0 Å². The highest BCUT2D eigenvalue weighted by Gasteiger charge is 2.35. The minimum Gasteiger partial charge on any atom is -0.388 e. The highest BCUT2D eigenvalue weighted by Crippen LogP contribution is 2.31.